The molecule has 1 amide bonds. The van der Waals surface area contributed by atoms with Gasteiger partial charge in [0.1, 0.15) is 5.75 Å². The van der Waals surface area contributed by atoms with Gasteiger partial charge in [-0.2, -0.15) is 5.26 Å². The van der Waals surface area contributed by atoms with Crippen LogP contribution in [0.25, 0.3) is 0 Å². The molecule has 0 N–H and O–H groups in total. The summed E-state index contributed by atoms with van der Waals surface area (Å²) in [7, 11) is 0. The predicted octanol–water partition coefficient (Wildman–Crippen LogP) is 1.83. The van der Waals surface area contributed by atoms with Crippen LogP contribution in [0.5, 0.6) is 5.75 Å². The lowest BCUT2D eigenvalue weighted by molar-refractivity contribution is -0.134. The number of nitrogens with zero attached hydrogens (tertiary/aromatic N) is 2. The number of carbonyl (C=O) groups is 1. The summed E-state index contributed by atoms with van der Waals surface area (Å²) in [6.07, 6.45) is 1.54. The molecule has 1 aromatic rings. The molecule has 0 atom stereocenters. The Morgan fingerprint density at radius 3 is 2.61 bits per heavy atom. The first-order chi connectivity index (χ1) is 8.79. The highest BCUT2D eigenvalue weighted by molar-refractivity contribution is 5.77. The van der Waals surface area contributed by atoms with Crippen molar-refractivity contribution < 1.29 is 9.53 Å². The molecule has 2 rings (SSSR count). The lowest BCUT2D eigenvalue weighted by Gasteiger charge is -2.29. The second-order valence-electron chi connectivity index (χ2n) is 4.39. The van der Waals surface area contributed by atoms with Gasteiger partial charge in [-0.05, 0) is 25.0 Å². The van der Waals surface area contributed by atoms with Gasteiger partial charge in [-0.3, -0.25) is 4.79 Å². The summed E-state index contributed by atoms with van der Waals surface area (Å²) in [4.78, 5) is 13.7. The van der Waals surface area contributed by atoms with Crippen LogP contribution in [0.15, 0.2) is 30.3 Å². The molecule has 94 valence electrons. The standard InChI is InChI=1S/C14H16N2O2/c15-10-12-6-8-16(9-7-12)14(17)11-18-13-4-2-1-3-5-13/h1-5,12H,6-9,11H2. The van der Waals surface area contributed by atoms with E-state index in [-0.39, 0.29) is 18.4 Å². The van der Waals surface area contributed by atoms with E-state index in [4.69, 9.17) is 10.00 Å². The Morgan fingerprint density at radius 1 is 1.33 bits per heavy atom. The van der Waals surface area contributed by atoms with Crippen LogP contribution in [0, 0.1) is 17.2 Å². The topological polar surface area (TPSA) is 53.3 Å². The number of rotatable bonds is 3. The van der Waals surface area contributed by atoms with Gasteiger partial charge in [0.05, 0.1) is 6.07 Å². The first-order valence-corrected chi connectivity index (χ1v) is 6.15. The molecular weight excluding hydrogens is 228 g/mol. The van der Waals surface area contributed by atoms with Gasteiger partial charge in [-0.1, -0.05) is 18.2 Å². The SMILES string of the molecule is N#CC1CCN(C(=O)COc2ccccc2)CC1. The van der Waals surface area contributed by atoms with Crippen LogP contribution in [0.1, 0.15) is 12.8 Å². The maximum Gasteiger partial charge on any atom is 0.260 e. The summed E-state index contributed by atoms with van der Waals surface area (Å²) in [5.74, 6) is 0.803. The van der Waals surface area contributed by atoms with Crippen molar-refractivity contribution in [3.8, 4) is 11.8 Å². The van der Waals surface area contributed by atoms with Crippen LogP contribution in [0.3, 0.4) is 0 Å². The third-order valence-electron chi connectivity index (χ3n) is 3.14. The fourth-order valence-corrected chi connectivity index (χ4v) is 2.01. The van der Waals surface area contributed by atoms with Crippen molar-refractivity contribution in [1.29, 1.82) is 5.26 Å². The van der Waals surface area contributed by atoms with Gasteiger partial charge in [0.2, 0.25) is 0 Å². The van der Waals surface area contributed by atoms with Crippen molar-refractivity contribution in [2.45, 2.75) is 12.8 Å². The van der Waals surface area contributed by atoms with Gasteiger partial charge in [0.15, 0.2) is 6.61 Å². The first-order valence-electron chi connectivity index (χ1n) is 6.15. The quantitative estimate of drug-likeness (QED) is 0.815. The average Bonchev–Trinajstić information content (AvgIpc) is 2.46. The molecule has 0 saturated carbocycles. The molecule has 0 aromatic heterocycles. The molecule has 1 saturated heterocycles. The Bertz CT molecular complexity index is 431. The van der Waals surface area contributed by atoms with Crippen molar-refractivity contribution >= 4 is 5.91 Å². The van der Waals surface area contributed by atoms with E-state index in [9.17, 15) is 4.79 Å². The Kier molecular flexibility index (Phi) is 4.19. The van der Waals surface area contributed by atoms with Crippen LogP contribution < -0.4 is 4.74 Å². The highest BCUT2D eigenvalue weighted by Gasteiger charge is 2.22. The largest absolute Gasteiger partial charge is 0.484 e. The minimum absolute atomic E-state index is 0.00440. The fourth-order valence-electron chi connectivity index (χ4n) is 2.01. The number of benzene rings is 1. The molecule has 1 heterocycles. The zero-order chi connectivity index (χ0) is 12.8. The number of carbonyl (C=O) groups excluding carboxylic acids is 1. The lowest BCUT2D eigenvalue weighted by Crippen LogP contribution is -2.40. The molecule has 1 fully saturated rings. The number of nitriles is 1. The second-order valence-corrected chi connectivity index (χ2v) is 4.39. The molecule has 0 radical (unpaired) electrons. The van der Waals surface area contributed by atoms with Gasteiger partial charge in [-0.25, -0.2) is 0 Å². The van der Waals surface area contributed by atoms with Gasteiger partial charge < -0.3 is 9.64 Å². The number of hydrogen-bond acceptors (Lipinski definition) is 3. The zero-order valence-electron chi connectivity index (χ0n) is 10.2. The third-order valence-corrected chi connectivity index (χ3v) is 3.14. The van der Waals surface area contributed by atoms with Crippen LogP contribution in [-0.2, 0) is 4.79 Å². The number of ether oxygens (including phenoxy) is 1. The van der Waals surface area contributed by atoms with Crippen LogP contribution >= 0.6 is 0 Å². The number of likely N-dealkylation sites (tertiary alicyclic amines) is 1. The zero-order valence-corrected chi connectivity index (χ0v) is 10.2. The van der Waals surface area contributed by atoms with E-state index in [1.54, 1.807) is 4.90 Å². The highest BCUT2D eigenvalue weighted by Crippen LogP contribution is 2.16. The summed E-state index contributed by atoms with van der Waals surface area (Å²) in [5, 5.41) is 8.79. The summed E-state index contributed by atoms with van der Waals surface area (Å²) in [5.41, 5.74) is 0. The van der Waals surface area contributed by atoms with Gasteiger partial charge in [0.25, 0.3) is 5.91 Å². The summed E-state index contributed by atoms with van der Waals surface area (Å²) in [6.45, 7) is 1.39. The molecule has 1 aromatic carbocycles. The van der Waals surface area contributed by atoms with Crippen molar-refractivity contribution in [3.63, 3.8) is 0 Å². The molecule has 0 spiro atoms. The van der Waals surface area contributed by atoms with Gasteiger partial charge >= 0.3 is 0 Å². The summed E-state index contributed by atoms with van der Waals surface area (Å²) >= 11 is 0. The lowest BCUT2D eigenvalue weighted by atomic mass is 9.99. The van der Waals surface area contributed by atoms with Crippen molar-refractivity contribution in [2.75, 3.05) is 19.7 Å². The second kappa shape index (κ2) is 6.06. The number of para-hydroxylation sites is 1. The summed E-state index contributed by atoms with van der Waals surface area (Å²) in [6, 6.07) is 11.6. The fraction of sp³-hybridized carbons (Fsp3) is 0.429. The van der Waals surface area contributed by atoms with Crippen molar-refractivity contribution in [3.05, 3.63) is 30.3 Å². The van der Waals surface area contributed by atoms with Crippen LogP contribution in [0.4, 0.5) is 0 Å². The number of hydrogen-bond donors (Lipinski definition) is 0. The van der Waals surface area contributed by atoms with E-state index in [0.717, 1.165) is 12.8 Å². The smallest absolute Gasteiger partial charge is 0.260 e. The Morgan fingerprint density at radius 2 is 2.00 bits per heavy atom. The Labute approximate surface area is 107 Å². The number of piperidine rings is 1. The van der Waals surface area contributed by atoms with Crippen LogP contribution in [0.2, 0.25) is 0 Å². The minimum Gasteiger partial charge on any atom is -0.484 e. The minimum atomic E-state index is -0.00440. The first kappa shape index (κ1) is 12.4. The molecule has 4 nitrogen and oxygen atoms in total. The van der Waals surface area contributed by atoms with E-state index in [1.165, 1.54) is 0 Å². The molecule has 4 heteroatoms. The maximum absolute atomic E-state index is 11.9. The third kappa shape index (κ3) is 3.24. The predicted molar refractivity (Wildman–Crippen MR) is 66.9 cm³/mol. The molecule has 18 heavy (non-hydrogen) atoms. The van der Waals surface area contributed by atoms with Crippen molar-refractivity contribution in [1.82, 2.24) is 4.90 Å². The van der Waals surface area contributed by atoms with E-state index in [1.807, 2.05) is 30.3 Å². The van der Waals surface area contributed by atoms with Crippen molar-refractivity contribution in [2.24, 2.45) is 5.92 Å². The summed E-state index contributed by atoms with van der Waals surface area (Å²) < 4.78 is 5.42. The Hall–Kier alpha value is -2.02. The maximum atomic E-state index is 11.9. The molecule has 1 aliphatic rings. The van der Waals surface area contributed by atoms with E-state index >= 15 is 0 Å². The average molecular weight is 244 g/mol. The highest BCUT2D eigenvalue weighted by atomic mass is 16.5. The normalized spacial score (nSPS) is 16.1. The monoisotopic (exact) mass is 244 g/mol. The van der Waals surface area contributed by atoms with Crippen LogP contribution in [-0.4, -0.2) is 30.5 Å². The van der Waals surface area contributed by atoms with E-state index < -0.39 is 0 Å². The number of amides is 1. The molecule has 1 aliphatic heterocycles. The van der Waals surface area contributed by atoms with Gasteiger partial charge in [-0.15, -0.1) is 0 Å². The molecular formula is C14H16N2O2. The van der Waals surface area contributed by atoms with E-state index in [2.05, 4.69) is 6.07 Å². The Balaban J connectivity index is 1.78. The van der Waals surface area contributed by atoms with E-state index in [0.29, 0.717) is 18.8 Å². The molecule has 0 unspecified atom stereocenters. The molecule has 0 bridgehead atoms. The van der Waals surface area contributed by atoms with Gasteiger partial charge in [0, 0.05) is 19.0 Å². The molecule has 0 aliphatic carbocycles.